The molecule has 5 heteroatoms. The Morgan fingerprint density at radius 1 is 1.55 bits per heavy atom. The van der Waals surface area contributed by atoms with Gasteiger partial charge in [0.25, 0.3) is 0 Å². The molecule has 0 N–H and O–H groups in total. The summed E-state index contributed by atoms with van der Waals surface area (Å²) >= 11 is 0. The monoisotopic (exact) mass is 180 g/mol. The van der Waals surface area contributed by atoms with Crippen molar-refractivity contribution in [2.24, 2.45) is 0 Å². The van der Waals surface area contributed by atoms with Gasteiger partial charge < -0.3 is 0 Å². The average molecular weight is 180 g/mol. The number of hydrogen-bond donors (Lipinski definition) is 0. The summed E-state index contributed by atoms with van der Waals surface area (Å²) in [5, 5.41) is 0. The fraction of sp³-hybridized carbons (Fsp3) is 1.00. The molecule has 1 heterocycles. The Hall–Kier alpha value is 0.110. The standard InChI is InChI=1S/C6H13O4P/c1-6(2)4-5-9-11(7,8-3)10-6/h4-5H2,1-3H3. The summed E-state index contributed by atoms with van der Waals surface area (Å²) in [6.07, 6.45) is 0.736. The fourth-order valence-electron chi connectivity index (χ4n) is 0.868. The van der Waals surface area contributed by atoms with Gasteiger partial charge in [-0.2, -0.15) is 0 Å². The molecule has 1 aliphatic heterocycles. The first-order valence-electron chi connectivity index (χ1n) is 3.48. The fourth-order valence-corrected chi connectivity index (χ4v) is 2.11. The third kappa shape index (κ3) is 2.27. The van der Waals surface area contributed by atoms with Crippen LogP contribution in [-0.2, 0) is 18.1 Å². The van der Waals surface area contributed by atoms with E-state index in [1.54, 1.807) is 0 Å². The van der Waals surface area contributed by atoms with Crippen LogP contribution in [0, 0.1) is 0 Å². The predicted octanol–water partition coefficient (Wildman–Crippen LogP) is 1.96. The van der Waals surface area contributed by atoms with Gasteiger partial charge >= 0.3 is 7.82 Å². The molecular weight excluding hydrogens is 167 g/mol. The van der Waals surface area contributed by atoms with Gasteiger partial charge in [-0.3, -0.25) is 13.6 Å². The van der Waals surface area contributed by atoms with Gasteiger partial charge in [0.15, 0.2) is 0 Å². The lowest BCUT2D eigenvalue weighted by Crippen LogP contribution is -2.29. The zero-order valence-corrected chi connectivity index (χ0v) is 7.89. The SMILES string of the molecule is COP1(=O)OCCC(C)(C)O1. The van der Waals surface area contributed by atoms with Gasteiger partial charge in [-0.1, -0.05) is 0 Å². The summed E-state index contributed by atoms with van der Waals surface area (Å²) in [6.45, 7) is 4.15. The smallest absolute Gasteiger partial charge is 0.290 e. The predicted molar refractivity (Wildman–Crippen MR) is 40.3 cm³/mol. The van der Waals surface area contributed by atoms with Crippen LogP contribution >= 0.6 is 7.82 Å². The molecular formula is C6H13O4P. The van der Waals surface area contributed by atoms with E-state index in [4.69, 9.17) is 9.05 Å². The summed E-state index contributed by atoms with van der Waals surface area (Å²) in [7, 11) is -1.89. The molecule has 11 heavy (non-hydrogen) atoms. The molecule has 1 rings (SSSR count). The maximum absolute atomic E-state index is 11.4. The maximum Gasteiger partial charge on any atom is 0.475 e. The third-order valence-corrected chi connectivity index (χ3v) is 3.20. The van der Waals surface area contributed by atoms with Crippen LogP contribution in [0.2, 0.25) is 0 Å². The minimum absolute atomic E-state index is 0.399. The second-order valence-electron chi connectivity index (χ2n) is 3.06. The molecule has 0 aromatic rings. The van der Waals surface area contributed by atoms with Crippen molar-refractivity contribution in [3.8, 4) is 0 Å². The first-order valence-corrected chi connectivity index (χ1v) is 4.95. The van der Waals surface area contributed by atoms with Crippen molar-refractivity contribution in [2.45, 2.75) is 25.9 Å². The highest BCUT2D eigenvalue weighted by atomic mass is 31.2. The van der Waals surface area contributed by atoms with Crippen LogP contribution in [0.15, 0.2) is 0 Å². The number of rotatable bonds is 1. The van der Waals surface area contributed by atoms with Crippen molar-refractivity contribution in [3.63, 3.8) is 0 Å². The highest BCUT2D eigenvalue weighted by molar-refractivity contribution is 7.48. The zero-order chi connectivity index (χ0) is 8.54. The van der Waals surface area contributed by atoms with E-state index in [0.29, 0.717) is 6.61 Å². The number of phosphoric acid groups is 1. The maximum atomic E-state index is 11.4. The molecule has 66 valence electrons. The summed E-state index contributed by atoms with van der Waals surface area (Å²) in [5.74, 6) is 0. The Kier molecular flexibility index (Phi) is 2.40. The van der Waals surface area contributed by atoms with Gasteiger partial charge in [0.2, 0.25) is 0 Å². The zero-order valence-electron chi connectivity index (χ0n) is 6.99. The van der Waals surface area contributed by atoms with E-state index in [1.165, 1.54) is 7.11 Å². The first-order chi connectivity index (χ1) is 4.97. The molecule has 1 unspecified atom stereocenters. The molecule has 0 aromatic heterocycles. The van der Waals surface area contributed by atoms with Gasteiger partial charge in [0, 0.05) is 13.5 Å². The Labute approximate surface area is 66.4 Å². The van der Waals surface area contributed by atoms with E-state index in [0.717, 1.165) is 6.42 Å². The van der Waals surface area contributed by atoms with E-state index < -0.39 is 13.4 Å². The normalized spacial score (nSPS) is 37.0. The molecule has 4 nitrogen and oxygen atoms in total. The van der Waals surface area contributed by atoms with E-state index in [1.807, 2.05) is 13.8 Å². The van der Waals surface area contributed by atoms with Crippen LogP contribution in [0.5, 0.6) is 0 Å². The highest BCUT2D eigenvalue weighted by Gasteiger charge is 2.38. The van der Waals surface area contributed by atoms with Crippen molar-refractivity contribution in [3.05, 3.63) is 0 Å². The molecule has 0 saturated carbocycles. The molecule has 0 bridgehead atoms. The largest absolute Gasteiger partial charge is 0.475 e. The second kappa shape index (κ2) is 2.87. The summed E-state index contributed by atoms with van der Waals surface area (Å²) in [6, 6.07) is 0. The van der Waals surface area contributed by atoms with Crippen molar-refractivity contribution in [2.75, 3.05) is 13.7 Å². The molecule has 0 radical (unpaired) electrons. The Balaban J connectivity index is 2.67. The van der Waals surface area contributed by atoms with Crippen LogP contribution in [0.4, 0.5) is 0 Å². The molecule has 1 saturated heterocycles. The Bertz CT molecular complexity index is 189. The molecule has 0 spiro atoms. The van der Waals surface area contributed by atoms with Crippen molar-refractivity contribution in [1.29, 1.82) is 0 Å². The molecule has 0 aliphatic carbocycles. The van der Waals surface area contributed by atoms with Crippen LogP contribution in [0.25, 0.3) is 0 Å². The van der Waals surface area contributed by atoms with Crippen molar-refractivity contribution < 1.29 is 18.1 Å². The summed E-state index contributed by atoms with van der Waals surface area (Å²) < 4.78 is 26.0. The minimum atomic E-state index is -3.22. The van der Waals surface area contributed by atoms with Gasteiger partial charge in [-0.05, 0) is 13.8 Å². The molecule has 1 atom stereocenters. The topological polar surface area (TPSA) is 44.8 Å². The Morgan fingerprint density at radius 3 is 2.55 bits per heavy atom. The first kappa shape index (κ1) is 9.20. The van der Waals surface area contributed by atoms with Gasteiger partial charge in [0.05, 0.1) is 12.2 Å². The van der Waals surface area contributed by atoms with Crippen LogP contribution in [0.1, 0.15) is 20.3 Å². The lowest BCUT2D eigenvalue weighted by Gasteiger charge is -2.33. The number of hydrogen-bond acceptors (Lipinski definition) is 4. The van der Waals surface area contributed by atoms with E-state index in [2.05, 4.69) is 4.52 Å². The van der Waals surface area contributed by atoms with E-state index in [-0.39, 0.29) is 0 Å². The lowest BCUT2D eigenvalue weighted by molar-refractivity contribution is -0.0130. The molecule has 1 aliphatic rings. The quantitative estimate of drug-likeness (QED) is 0.578. The van der Waals surface area contributed by atoms with Gasteiger partial charge in [-0.25, -0.2) is 4.57 Å². The van der Waals surface area contributed by atoms with Gasteiger partial charge in [-0.15, -0.1) is 0 Å². The molecule has 1 fully saturated rings. The van der Waals surface area contributed by atoms with E-state index in [9.17, 15) is 4.57 Å². The minimum Gasteiger partial charge on any atom is -0.290 e. The van der Waals surface area contributed by atoms with Gasteiger partial charge in [0.1, 0.15) is 0 Å². The van der Waals surface area contributed by atoms with Crippen LogP contribution in [0.3, 0.4) is 0 Å². The third-order valence-electron chi connectivity index (χ3n) is 1.54. The second-order valence-corrected chi connectivity index (χ2v) is 4.76. The number of phosphoric ester groups is 1. The summed E-state index contributed by atoms with van der Waals surface area (Å²) in [5.41, 5.74) is -0.399. The molecule has 0 amide bonds. The van der Waals surface area contributed by atoms with Crippen LogP contribution < -0.4 is 0 Å². The summed E-state index contributed by atoms with van der Waals surface area (Å²) in [4.78, 5) is 0. The highest BCUT2D eigenvalue weighted by Crippen LogP contribution is 2.55. The van der Waals surface area contributed by atoms with Crippen molar-refractivity contribution >= 4 is 7.82 Å². The van der Waals surface area contributed by atoms with E-state index >= 15 is 0 Å². The average Bonchev–Trinajstić information content (AvgIpc) is 1.85. The van der Waals surface area contributed by atoms with Crippen molar-refractivity contribution in [1.82, 2.24) is 0 Å². The lowest BCUT2D eigenvalue weighted by atomic mass is 10.1. The molecule has 0 aromatic carbocycles. The van der Waals surface area contributed by atoms with Crippen LogP contribution in [-0.4, -0.2) is 19.3 Å². The Morgan fingerprint density at radius 2 is 2.18 bits per heavy atom.